The number of ether oxygens (including phenoxy) is 1. The molecule has 23 heavy (non-hydrogen) atoms. The molecule has 0 aliphatic heterocycles. The van der Waals surface area contributed by atoms with Crippen LogP contribution in [0.1, 0.15) is 32.1 Å². The lowest BCUT2D eigenvalue weighted by atomic mass is 10.1. The molecule has 5 nitrogen and oxygen atoms in total. The van der Waals surface area contributed by atoms with Crippen LogP contribution in [0.4, 0.5) is 10.5 Å². The van der Waals surface area contributed by atoms with Crippen molar-refractivity contribution in [2.45, 2.75) is 39.5 Å². The van der Waals surface area contributed by atoms with Crippen LogP contribution in [0.2, 0.25) is 0 Å². The maximum atomic E-state index is 11.8. The number of alkyl carbamates (subject to hydrolysis) is 1. The van der Waals surface area contributed by atoms with E-state index < -0.39 is 11.7 Å². The Hall–Kier alpha value is -1.95. The fraction of sp³-hybridized carbons (Fsp3) is 0.353. The minimum Gasteiger partial charge on any atom is -0.466 e. The minimum absolute atomic E-state index is 0.386. The third-order valence-corrected chi connectivity index (χ3v) is 3.68. The van der Waals surface area contributed by atoms with Crippen molar-refractivity contribution in [1.82, 2.24) is 5.32 Å². The predicted octanol–water partition coefficient (Wildman–Crippen LogP) is 4.68. The molecule has 0 bridgehead atoms. The maximum absolute atomic E-state index is 11.8. The van der Waals surface area contributed by atoms with Gasteiger partial charge < -0.3 is 19.8 Å². The summed E-state index contributed by atoms with van der Waals surface area (Å²) in [5, 5.41) is 6.08. The molecule has 0 saturated heterocycles. The molecular weight excluding hydrogens is 360 g/mol. The molecule has 0 unspecified atom stereocenters. The second-order valence-electron chi connectivity index (χ2n) is 6.06. The number of para-hydroxylation sites is 1. The lowest BCUT2D eigenvalue weighted by molar-refractivity contribution is 0.0523. The van der Waals surface area contributed by atoms with Gasteiger partial charge in [-0.25, -0.2) is 4.79 Å². The molecule has 1 aromatic heterocycles. The van der Waals surface area contributed by atoms with Crippen LogP contribution in [0.15, 0.2) is 45.5 Å². The van der Waals surface area contributed by atoms with E-state index in [1.54, 1.807) is 6.26 Å². The van der Waals surface area contributed by atoms with Crippen LogP contribution < -0.4 is 10.6 Å². The minimum atomic E-state index is -0.507. The van der Waals surface area contributed by atoms with Gasteiger partial charge >= 0.3 is 6.09 Å². The number of anilines is 1. The quantitative estimate of drug-likeness (QED) is 0.790. The zero-order chi connectivity index (χ0) is 16.9. The molecule has 1 amide bonds. The van der Waals surface area contributed by atoms with E-state index in [4.69, 9.17) is 9.15 Å². The molecule has 1 aromatic carbocycles. The van der Waals surface area contributed by atoms with Gasteiger partial charge in [-0.05, 0) is 54.4 Å². The predicted molar refractivity (Wildman–Crippen MR) is 93.3 cm³/mol. The van der Waals surface area contributed by atoms with E-state index in [1.165, 1.54) is 0 Å². The highest BCUT2D eigenvalue weighted by Crippen LogP contribution is 2.21. The summed E-state index contributed by atoms with van der Waals surface area (Å²) in [5.41, 5.74) is 1.40. The van der Waals surface area contributed by atoms with E-state index >= 15 is 0 Å². The van der Waals surface area contributed by atoms with E-state index in [1.807, 2.05) is 51.1 Å². The SMILES string of the molecule is CC(C)(C)OC(=O)NCc1ccccc1NCc1occc1Br. The van der Waals surface area contributed by atoms with Gasteiger partial charge in [0.1, 0.15) is 11.4 Å². The Kier molecular flexibility index (Phi) is 5.71. The molecule has 0 aliphatic carbocycles. The molecule has 124 valence electrons. The van der Waals surface area contributed by atoms with Gasteiger partial charge in [0.2, 0.25) is 0 Å². The first-order valence-corrected chi connectivity index (χ1v) is 8.15. The summed E-state index contributed by atoms with van der Waals surface area (Å²) < 4.78 is 11.5. The van der Waals surface area contributed by atoms with Crippen molar-refractivity contribution >= 4 is 27.7 Å². The number of rotatable bonds is 5. The topological polar surface area (TPSA) is 63.5 Å². The van der Waals surface area contributed by atoms with E-state index in [2.05, 4.69) is 26.6 Å². The van der Waals surface area contributed by atoms with Gasteiger partial charge in [0.05, 0.1) is 17.3 Å². The smallest absolute Gasteiger partial charge is 0.407 e. The van der Waals surface area contributed by atoms with Gasteiger partial charge in [0.15, 0.2) is 0 Å². The largest absolute Gasteiger partial charge is 0.466 e. The Bertz CT molecular complexity index is 662. The Balaban J connectivity index is 1.95. The maximum Gasteiger partial charge on any atom is 0.407 e. The Morgan fingerprint density at radius 1 is 1.22 bits per heavy atom. The van der Waals surface area contributed by atoms with Crippen LogP contribution in [0.5, 0.6) is 0 Å². The van der Waals surface area contributed by atoms with E-state index in [0.29, 0.717) is 13.1 Å². The van der Waals surface area contributed by atoms with Crippen LogP contribution in [0.25, 0.3) is 0 Å². The number of nitrogens with one attached hydrogen (secondary N) is 2. The Morgan fingerprint density at radius 3 is 2.61 bits per heavy atom. The fourth-order valence-electron chi connectivity index (χ4n) is 1.96. The molecular formula is C17H21BrN2O3. The van der Waals surface area contributed by atoms with Crippen molar-refractivity contribution < 1.29 is 13.9 Å². The van der Waals surface area contributed by atoms with Gasteiger partial charge in [-0.3, -0.25) is 0 Å². The molecule has 2 N–H and O–H groups in total. The first-order chi connectivity index (χ1) is 10.8. The summed E-state index contributed by atoms with van der Waals surface area (Å²) in [4.78, 5) is 11.8. The second-order valence-corrected chi connectivity index (χ2v) is 6.91. The number of hydrogen-bond acceptors (Lipinski definition) is 4. The van der Waals surface area contributed by atoms with Gasteiger partial charge in [-0.2, -0.15) is 0 Å². The number of amides is 1. The fourth-order valence-corrected chi connectivity index (χ4v) is 2.30. The van der Waals surface area contributed by atoms with Crippen molar-refractivity contribution in [3.63, 3.8) is 0 Å². The van der Waals surface area contributed by atoms with Crippen LogP contribution >= 0.6 is 15.9 Å². The molecule has 0 spiro atoms. The van der Waals surface area contributed by atoms with Crippen LogP contribution in [0.3, 0.4) is 0 Å². The lowest BCUT2D eigenvalue weighted by Crippen LogP contribution is -2.32. The number of furan rings is 1. The third-order valence-electron chi connectivity index (χ3n) is 2.97. The average Bonchev–Trinajstić information content (AvgIpc) is 2.87. The zero-order valence-corrected chi connectivity index (χ0v) is 15.1. The number of carbonyl (C=O) groups excluding carboxylic acids is 1. The third kappa shape index (κ3) is 5.63. The van der Waals surface area contributed by atoms with Crippen LogP contribution in [-0.2, 0) is 17.8 Å². The standard InChI is InChI=1S/C17H21BrN2O3/c1-17(2,3)23-16(21)20-10-12-6-4-5-7-14(12)19-11-15-13(18)8-9-22-15/h4-9,19H,10-11H2,1-3H3,(H,20,21). The molecule has 0 saturated carbocycles. The lowest BCUT2D eigenvalue weighted by Gasteiger charge is -2.20. The summed E-state index contributed by atoms with van der Waals surface area (Å²) in [6.45, 7) is 6.45. The van der Waals surface area contributed by atoms with Crippen molar-refractivity contribution in [1.29, 1.82) is 0 Å². The highest BCUT2D eigenvalue weighted by atomic mass is 79.9. The summed E-state index contributed by atoms with van der Waals surface area (Å²) in [6.07, 6.45) is 1.21. The van der Waals surface area contributed by atoms with Crippen molar-refractivity contribution in [2.24, 2.45) is 0 Å². The molecule has 2 rings (SSSR count). The van der Waals surface area contributed by atoms with Gasteiger partial charge in [-0.15, -0.1) is 0 Å². The van der Waals surface area contributed by atoms with Crippen molar-refractivity contribution in [3.8, 4) is 0 Å². The van der Waals surface area contributed by atoms with Crippen LogP contribution in [-0.4, -0.2) is 11.7 Å². The average molecular weight is 381 g/mol. The van der Waals surface area contributed by atoms with E-state index in [0.717, 1.165) is 21.5 Å². The zero-order valence-electron chi connectivity index (χ0n) is 13.5. The number of halogens is 1. The number of benzene rings is 1. The second kappa shape index (κ2) is 7.55. The Morgan fingerprint density at radius 2 is 1.96 bits per heavy atom. The Labute approximate surface area is 144 Å². The first kappa shape index (κ1) is 17.4. The van der Waals surface area contributed by atoms with E-state index in [-0.39, 0.29) is 0 Å². The molecule has 1 heterocycles. The highest BCUT2D eigenvalue weighted by Gasteiger charge is 2.16. The molecule has 0 radical (unpaired) electrons. The molecule has 0 aliphatic rings. The highest BCUT2D eigenvalue weighted by molar-refractivity contribution is 9.10. The number of hydrogen-bond donors (Lipinski definition) is 2. The molecule has 2 aromatic rings. The van der Waals surface area contributed by atoms with E-state index in [9.17, 15) is 4.79 Å². The van der Waals surface area contributed by atoms with Gasteiger partial charge in [0.25, 0.3) is 0 Å². The normalized spacial score (nSPS) is 11.1. The van der Waals surface area contributed by atoms with Crippen molar-refractivity contribution in [2.75, 3.05) is 5.32 Å². The first-order valence-electron chi connectivity index (χ1n) is 7.35. The summed E-state index contributed by atoms with van der Waals surface area (Å²) in [5.74, 6) is 0.819. The van der Waals surface area contributed by atoms with Crippen LogP contribution in [0, 0.1) is 0 Å². The monoisotopic (exact) mass is 380 g/mol. The molecule has 0 atom stereocenters. The number of carbonyl (C=O) groups is 1. The summed E-state index contributed by atoms with van der Waals surface area (Å²) in [6, 6.07) is 9.64. The molecule has 0 fully saturated rings. The van der Waals surface area contributed by atoms with Gasteiger partial charge in [-0.1, -0.05) is 18.2 Å². The molecule has 6 heteroatoms. The van der Waals surface area contributed by atoms with Crippen molar-refractivity contribution in [3.05, 3.63) is 52.4 Å². The summed E-state index contributed by atoms with van der Waals surface area (Å²) in [7, 11) is 0. The summed E-state index contributed by atoms with van der Waals surface area (Å²) >= 11 is 3.43. The van der Waals surface area contributed by atoms with Gasteiger partial charge in [0, 0.05) is 12.2 Å².